The fourth-order valence-electron chi connectivity index (χ4n) is 1.83. The molecule has 2 rings (SSSR count). The molecule has 2 aromatic rings. The second kappa shape index (κ2) is 5.50. The number of nitrogens with zero attached hydrogens (tertiary/aromatic N) is 1. The minimum Gasteiger partial charge on any atom is -0.497 e. The summed E-state index contributed by atoms with van der Waals surface area (Å²) in [6.45, 7) is 4.10. The van der Waals surface area contributed by atoms with Gasteiger partial charge in [0.05, 0.1) is 17.8 Å². The fraction of sp³-hybridized carbons (Fsp3) is 0.357. The highest BCUT2D eigenvalue weighted by Gasteiger charge is 2.11. The van der Waals surface area contributed by atoms with Crippen molar-refractivity contribution in [3.8, 4) is 17.0 Å². The van der Waals surface area contributed by atoms with Crippen molar-refractivity contribution >= 4 is 11.3 Å². The Morgan fingerprint density at radius 3 is 2.56 bits per heavy atom. The molecule has 4 heteroatoms. The lowest BCUT2D eigenvalue weighted by molar-refractivity contribution is 0.415. The van der Waals surface area contributed by atoms with Crippen molar-refractivity contribution in [2.24, 2.45) is 5.73 Å². The second-order valence-corrected chi connectivity index (χ2v) is 5.71. The molecule has 0 aliphatic carbocycles. The highest BCUT2D eigenvalue weighted by Crippen LogP contribution is 2.29. The van der Waals surface area contributed by atoms with E-state index in [1.165, 1.54) is 4.88 Å². The van der Waals surface area contributed by atoms with E-state index in [1.807, 2.05) is 31.2 Å². The van der Waals surface area contributed by atoms with Crippen molar-refractivity contribution in [3.63, 3.8) is 0 Å². The molecule has 0 fully saturated rings. The van der Waals surface area contributed by atoms with Crippen LogP contribution in [0.1, 0.15) is 16.8 Å². The SMILES string of the molecule is COc1ccc(-c2nc(CC(C)N)sc2C)cc1. The minimum absolute atomic E-state index is 0.152. The topological polar surface area (TPSA) is 48.1 Å². The van der Waals surface area contributed by atoms with Crippen molar-refractivity contribution in [2.45, 2.75) is 26.3 Å². The number of aromatic nitrogens is 1. The summed E-state index contributed by atoms with van der Waals surface area (Å²) in [7, 11) is 1.67. The number of aryl methyl sites for hydroxylation is 1. The predicted octanol–water partition coefficient (Wildman–Crippen LogP) is 3.02. The molecule has 0 aliphatic rings. The molecule has 1 aromatic heterocycles. The Kier molecular flexibility index (Phi) is 3.99. The first-order valence-electron chi connectivity index (χ1n) is 5.96. The van der Waals surface area contributed by atoms with E-state index in [1.54, 1.807) is 18.4 Å². The van der Waals surface area contributed by atoms with Crippen LogP contribution in [0.3, 0.4) is 0 Å². The van der Waals surface area contributed by atoms with E-state index in [4.69, 9.17) is 10.5 Å². The molecule has 0 radical (unpaired) electrons. The molecule has 1 unspecified atom stereocenters. The van der Waals surface area contributed by atoms with Crippen LogP contribution in [0, 0.1) is 6.92 Å². The highest BCUT2D eigenvalue weighted by molar-refractivity contribution is 7.12. The number of hydrogen-bond acceptors (Lipinski definition) is 4. The van der Waals surface area contributed by atoms with Crippen LogP contribution in [0.2, 0.25) is 0 Å². The Morgan fingerprint density at radius 2 is 2.00 bits per heavy atom. The van der Waals surface area contributed by atoms with Gasteiger partial charge in [-0.3, -0.25) is 0 Å². The summed E-state index contributed by atoms with van der Waals surface area (Å²) < 4.78 is 5.16. The van der Waals surface area contributed by atoms with Crippen molar-refractivity contribution < 1.29 is 4.74 Å². The van der Waals surface area contributed by atoms with Crippen molar-refractivity contribution in [3.05, 3.63) is 34.2 Å². The Labute approximate surface area is 112 Å². The van der Waals surface area contributed by atoms with Crippen LogP contribution < -0.4 is 10.5 Å². The molecular weight excluding hydrogens is 244 g/mol. The maximum atomic E-state index is 5.81. The number of hydrogen-bond donors (Lipinski definition) is 1. The van der Waals surface area contributed by atoms with Crippen LogP contribution in [0.15, 0.2) is 24.3 Å². The zero-order valence-corrected chi connectivity index (χ0v) is 11.8. The van der Waals surface area contributed by atoms with Gasteiger partial charge in [0.2, 0.25) is 0 Å². The Morgan fingerprint density at radius 1 is 1.33 bits per heavy atom. The summed E-state index contributed by atoms with van der Waals surface area (Å²) in [4.78, 5) is 5.91. The lowest BCUT2D eigenvalue weighted by atomic mass is 10.1. The third-order valence-corrected chi connectivity index (χ3v) is 3.69. The average Bonchev–Trinajstić information content (AvgIpc) is 2.69. The number of rotatable bonds is 4. The van der Waals surface area contributed by atoms with Crippen LogP contribution in [-0.2, 0) is 6.42 Å². The maximum absolute atomic E-state index is 5.81. The van der Waals surface area contributed by atoms with Gasteiger partial charge in [-0.2, -0.15) is 0 Å². The van der Waals surface area contributed by atoms with E-state index in [0.717, 1.165) is 28.4 Å². The molecule has 1 heterocycles. The number of benzene rings is 1. The molecule has 18 heavy (non-hydrogen) atoms. The highest BCUT2D eigenvalue weighted by atomic mass is 32.1. The summed E-state index contributed by atoms with van der Waals surface area (Å²) in [5.74, 6) is 0.863. The van der Waals surface area contributed by atoms with Gasteiger partial charge < -0.3 is 10.5 Å². The normalized spacial score (nSPS) is 12.4. The summed E-state index contributed by atoms with van der Waals surface area (Å²) in [6.07, 6.45) is 0.835. The van der Waals surface area contributed by atoms with Gasteiger partial charge in [-0.05, 0) is 38.1 Å². The first-order chi connectivity index (χ1) is 8.60. The van der Waals surface area contributed by atoms with Gasteiger partial charge in [-0.15, -0.1) is 11.3 Å². The largest absolute Gasteiger partial charge is 0.497 e. The van der Waals surface area contributed by atoms with E-state index >= 15 is 0 Å². The fourth-order valence-corrected chi connectivity index (χ4v) is 2.93. The summed E-state index contributed by atoms with van der Waals surface area (Å²) in [6, 6.07) is 8.14. The standard InChI is InChI=1S/C14H18N2OS/c1-9(15)8-13-16-14(10(2)18-13)11-4-6-12(17-3)7-5-11/h4-7,9H,8,15H2,1-3H3. The number of methoxy groups -OCH3 is 1. The van der Waals surface area contributed by atoms with E-state index < -0.39 is 0 Å². The van der Waals surface area contributed by atoms with Gasteiger partial charge >= 0.3 is 0 Å². The average molecular weight is 262 g/mol. The summed E-state index contributed by atoms with van der Waals surface area (Å²) in [5, 5.41) is 1.10. The Balaban J connectivity index is 2.29. The minimum atomic E-state index is 0.152. The van der Waals surface area contributed by atoms with E-state index in [-0.39, 0.29) is 6.04 Å². The van der Waals surface area contributed by atoms with Gasteiger partial charge in [-0.25, -0.2) is 4.98 Å². The molecule has 0 aliphatic heterocycles. The summed E-state index contributed by atoms with van der Waals surface area (Å²) in [5.41, 5.74) is 7.99. The Bertz CT molecular complexity index is 517. The first kappa shape index (κ1) is 13.1. The monoisotopic (exact) mass is 262 g/mol. The smallest absolute Gasteiger partial charge is 0.118 e. The number of thiazole rings is 1. The van der Waals surface area contributed by atoms with Gasteiger partial charge in [0.1, 0.15) is 5.75 Å². The zero-order chi connectivity index (χ0) is 13.1. The molecule has 0 saturated carbocycles. The van der Waals surface area contributed by atoms with Crippen LogP contribution in [0.25, 0.3) is 11.3 Å². The molecule has 0 spiro atoms. The van der Waals surface area contributed by atoms with Gasteiger partial charge in [0, 0.05) is 22.9 Å². The molecule has 0 bridgehead atoms. The third kappa shape index (κ3) is 2.89. The van der Waals surface area contributed by atoms with E-state index in [2.05, 4.69) is 11.9 Å². The number of ether oxygens (including phenoxy) is 1. The number of nitrogens with two attached hydrogens (primary N) is 1. The van der Waals surface area contributed by atoms with Gasteiger partial charge in [0.15, 0.2) is 0 Å². The molecule has 3 nitrogen and oxygen atoms in total. The molecule has 96 valence electrons. The first-order valence-corrected chi connectivity index (χ1v) is 6.78. The van der Waals surface area contributed by atoms with Gasteiger partial charge in [-0.1, -0.05) is 0 Å². The lowest BCUT2D eigenvalue weighted by Gasteiger charge is -2.02. The van der Waals surface area contributed by atoms with Crippen LogP contribution in [0.5, 0.6) is 5.75 Å². The molecular formula is C14H18N2OS. The summed E-state index contributed by atoms with van der Waals surface area (Å²) >= 11 is 1.73. The van der Waals surface area contributed by atoms with E-state index in [0.29, 0.717) is 0 Å². The van der Waals surface area contributed by atoms with E-state index in [9.17, 15) is 0 Å². The second-order valence-electron chi connectivity index (χ2n) is 4.42. The lowest BCUT2D eigenvalue weighted by Crippen LogP contribution is -2.17. The maximum Gasteiger partial charge on any atom is 0.118 e. The van der Waals surface area contributed by atoms with Crippen LogP contribution >= 0.6 is 11.3 Å². The molecule has 2 N–H and O–H groups in total. The molecule has 1 atom stereocenters. The quantitative estimate of drug-likeness (QED) is 0.921. The van der Waals surface area contributed by atoms with Crippen molar-refractivity contribution in [1.82, 2.24) is 4.98 Å². The zero-order valence-electron chi connectivity index (χ0n) is 10.9. The molecule has 0 saturated heterocycles. The van der Waals surface area contributed by atoms with Gasteiger partial charge in [0.25, 0.3) is 0 Å². The van der Waals surface area contributed by atoms with Crippen molar-refractivity contribution in [2.75, 3.05) is 7.11 Å². The predicted molar refractivity (Wildman–Crippen MR) is 76.2 cm³/mol. The molecule has 1 aromatic carbocycles. The molecule has 0 amide bonds. The van der Waals surface area contributed by atoms with Crippen molar-refractivity contribution in [1.29, 1.82) is 0 Å². The third-order valence-electron chi connectivity index (χ3n) is 2.70. The van der Waals surface area contributed by atoms with Crippen LogP contribution in [0.4, 0.5) is 0 Å². The Hall–Kier alpha value is -1.39. The van der Waals surface area contributed by atoms with Crippen LogP contribution in [-0.4, -0.2) is 18.1 Å².